The number of non-ortho nitro benzene ring substituents is 1. The Morgan fingerprint density at radius 1 is 1.03 bits per heavy atom. The number of hydrogen-bond donors (Lipinski definition) is 1. The van der Waals surface area contributed by atoms with E-state index in [9.17, 15) is 14.9 Å². The lowest BCUT2D eigenvalue weighted by atomic mass is 10.1. The monoisotopic (exact) mass is 567 g/mol. The molecule has 0 radical (unpaired) electrons. The van der Waals surface area contributed by atoms with Crippen molar-refractivity contribution in [1.82, 2.24) is 15.1 Å². The predicted octanol–water partition coefficient (Wildman–Crippen LogP) is 3.07. The summed E-state index contributed by atoms with van der Waals surface area (Å²) in [7, 11) is 1.65. The van der Waals surface area contributed by atoms with Gasteiger partial charge in [0.1, 0.15) is 5.75 Å². The number of nitrogens with one attached hydrogen (secondary N) is 1. The Balaban J connectivity index is 0.00000385. The standard InChI is InChI=1S/C23H29N5O4.HI/c1-18(29)26-13-15-27(16-14-26)23(24-12-11-19-5-9-22(32-2)10-6-19)25-17-20-3-7-21(8-4-20)28(30)31;/h3-10H,11-17H2,1-2H3,(H,24,25);1H. The van der Waals surface area contributed by atoms with Gasteiger partial charge in [-0.25, -0.2) is 4.99 Å². The first-order valence-corrected chi connectivity index (χ1v) is 10.6. The first kappa shape index (κ1) is 26.4. The smallest absolute Gasteiger partial charge is 0.269 e. The van der Waals surface area contributed by atoms with Crippen molar-refractivity contribution < 1.29 is 14.5 Å². The van der Waals surface area contributed by atoms with Gasteiger partial charge in [0.05, 0.1) is 18.6 Å². The lowest BCUT2D eigenvalue weighted by molar-refractivity contribution is -0.384. The molecule has 2 aromatic rings. The summed E-state index contributed by atoms with van der Waals surface area (Å²) >= 11 is 0. The summed E-state index contributed by atoms with van der Waals surface area (Å²) in [5, 5.41) is 14.3. The Morgan fingerprint density at radius 3 is 2.15 bits per heavy atom. The van der Waals surface area contributed by atoms with Crippen LogP contribution in [0.5, 0.6) is 5.75 Å². The molecule has 0 unspecified atom stereocenters. The van der Waals surface area contributed by atoms with E-state index in [-0.39, 0.29) is 35.6 Å². The Bertz CT molecular complexity index is 942. The van der Waals surface area contributed by atoms with Gasteiger partial charge in [0.25, 0.3) is 5.69 Å². The number of halogens is 1. The lowest BCUT2D eigenvalue weighted by Crippen LogP contribution is -2.53. The summed E-state index contributed by atoms with van der Waals surface area (Å²) in [4.78, 5) is 30.8. The Morgan fingerprint density at radius 2 is 1.61 bits per heavy atom. The number of nitro benzene ring substituents is 1. The van der Waals surface area contributed by atoms with E-state index < -0.39 is 4.92 Å². The third-order valence-electron chi connectivity index (χ3n) is 5.44. The van der Waals surface area contributed by atoms with Crippen LogP contribution in [0.4, 0.5) is 5.69 Å². The van der Waals surface area contributed by atoms with Gasteiger partial charge >= 0.3 is 0 Å². The number of amides is 1. The number of hydrogen-bond acceptors (Lipinski definition) is 5. The van der Waals surface area contributed by atoms with Crippen LogP contribution in [0.3, 0.4) is 0 Å². The number of aliphatic imine (C=N–C) groups is 1. The Kier molecular flexibility index (Phi) is 10.4. The molecule has 1 N–H and O–H groups in total. The molecule has 1 amide bonds. The van der Waals surface area contributed by atoms with Gasteiger partial charge in [0.15, 0.2) is 5.96 Å². The van der Waals surface area contributed by atoms with Crippen LogP contribution in [0.1, 0.15) is 18.1 Å². The fraction of sp³-hybridized carbons (Fsp3) is 0.391. The molecule has 0 atom stereocenters. The summed E-state index contributed by atoms with van der Waals surface area (Å²) in [6, 6.07) is 14.4. The Labute approximate surface area is 211 Å². The third kappa shape index (κ3) is 7.88. The first-order chi connectivity index (χ1) is 15.5. The van der Waals surface area contributed by atoms with E-state index in [0.29, 0.717) is 39.3 Å². The van der Waals surface area contributed by atoms with Crippen LogP contribution < -0.4 is 10.1 Å². The maximum atomic E-state index is 11.6. The molecule has 33 heavy (non-hydrogen) atoms. The molecule has 1 saturated heterocycles. The van der Waals surface area contributed by atoms with Crippen molar-refractivity contribution in [2.45, 2.75) is 19.9 Å². The average Bonchev–Trinajstić information content (AvgIpc) is 2.82. The zero-order chi connectivity index (χ0) is 22.9. The number of benzene rings is 2. The SMILES string of the molecule is COc1ccc(CCNC(=NCc2ccc([N+](=O)[O-])cc2)N2CCN(C(C)=O)CC2)cc1.I. The molecule has 2 aromatic carbocycles. The molecule has 3 rings (SSSR count). The van der Waals surface area contributed by atoms with Gasteiger partial charge in [-0.15, -0.1) is 24.0 Å². The van der Waals surface area contributed by atoms with Crippen molar-refractivity contribution in [2.24, 2.45) is 4.99 Å². The fourth-order valence-corrected chi connectivity index (χ4v) is 3.50. The largest absolute Gasteiger partial charge is 0.497 e. The highest BCUT2D eigenvalue weighted by Gasteiger charge is 2.21. The van der Waals surface area contributed by atoms with Crippen LogP contribution in [0.15, 0.2) is 53.5 Å². The predicted molar refractivity (Wildman–Crippen MR) is 138 cm³/mol. The van der Waals surface area contributed by atoms with Crippen molar-refractivity contribution >= 4 is 41.5 Å². The van der Waals surface area contributed by atoms with Gasteiger partial charge in [-0.05, 0) is 29.7 Å². The van der Waals surface area contributed by atoms with Gasteiger partial charge in [-0.1, -0.05) is 24.3 Å². The number of guanidine groups is 1. The summed E-state index contributed by atoms with van der Waals surface area (Å²) in [5.74, 6) is 1.69. The van der Waals surface area contributed by atoms with Crippen LogP contribution >= 0.6 is 24.0 Å². The highest BCUT2D eigenvalue weighted by atomic mass is 127. The van der Waals surface area contributed by atoms with Crippen LogP contribution in [-0.2, 0) is 17.8 Å². The number of rotatable bonds is 7. The number of piperazine rings is 1. The van der Waals surface area contributed by atoms with Crippen molar-refractivity contribution in [1.29, 1.82) is 0 Å². The van der Waals surface area contributed by atoms with Gasteiger partial charge in [-0.3, -0.25) is 14.9 Å². The summed E-state index contributed by atoms with van der Waals surface area (Å²) < 4.78 is 5.20. The maximum Gasteiger partial charge on any atom is 0.269 e. The number of nitrogens with zero attached hydrogens (tertiary/aromatic N) is 4. The summed E-state index contributed by atoms with van der Waals surface area (Å²) in [5.41, 5.74) is 2.15. The average molecular weight is 567 g/mol. The minimum Gasteiger partial charge on any atom is -0.497 e. The minimum atomic E-state index is -0.409. The van der Waals surface area contributed by atoms with E-state index in [1.54, 1.807) is 26.2 Å². The van der Waals surface area contributed by atoms with Crippen molar-refractivity contribution in [3.63, 3.8) is 0 Å². The van der Waals surface area contributed by atoms with Crippen molar-refractivity contribution in [3.8, 4) is 5.75 Å². The molecular formula is C23H30IN5O4. The molecule has 0 saturated carbocycles. The van der Waals surface area contributed by atoms with E-state index in [1.807, 2.05) is 29.2 Å². The molecule has 9 nitrogen and oxygen atoms in total. The molecule has 0 bridgehead atoms. The minimum absolute atomic E-state index is 0. The first-order valence-electron chi connectivity index (χ1n) is 10.6. The van der Waals surface area contributed by atoms with Crippen LogP contribution in [0.2, 0.25) is 0 Å². The highest BCUT2D eigenvalue weighted by molar-refractivity contribution is 14.0. The second-order valence-corrected chi connectivity index (χ2v) is 7.58. The molecule has 1 fully saturated rings. The van der Waals surface area contributed by atoms with Crippen LogP contribution in [-0.4, -0.2) is 66.4 Å². The number of methoxy groups -OCH3 is 1. The fourth-order valence-electron chi connectivity index (χ4n) is 3.50. The summed E-state index contributed by atoms with van der Waals surface area (Å²) in [6.07, 6.45) is 0.827. The molecule has 0 aromatic heterocycles. The second kappa shape index (κ2) is 13.0. The maximum absolute atomic E-state index is 11.6. The molecule has 1 aliphatic heterocycles. The van der Waals surface area contributed by atoms with Gasteiger partial charge in [0.2, 0.25) is 5.91 Å². The van der Waals surface area contributed by atoms with Gasteiger partial charge in [0, 0.05) is 51.8 Å². The zero-order valence-electron chi connectivity index (χ0n) is 18.9. The zero-order valence-corrected chi connectivity index (χ0v) is 21.2. The number of carbonyl (C=O) groups excluding carboxylic acids is 1. The highest BCUT2D eigenvalue weighted by Crippen LogP contribution is 2.14. The Hall–Kier alpha value is -2.89. The molecule has 0 spiro atoms. The van der Waals surface area contributed by atoms with Gasteiger partial charge < -0.3 is 19.9 Å². The number of carbonyl (C=O) groups is 1. The van der Waals surface area contributed by atoms with Crippen molar-refractivity contribution in [2.75, 3.05) is 39.8 Å². The number of ether oxygens (including phenoxy) is 1. The molecule has 0 aliphatic carbocycles. The van der Waals surface area contributed by atoms with Crippen molar-refractivity contribution in [3.05, 3.63) is 69.8 Å². The van der Waals surface area contributed by atoms with Crippen LogP contribution in [0.25, 0.3) is 0 Å². The van der Waals surface area contributed by atoms with E-state index in [4.69, 9.17) is 9.73 Å². The normalized spacial score (nSPS) is 13.8. The molecule has 1 aliphatic rings. The second-order valence-electron chi connectivity index (χ2n) is 7.58. The van der Waals surface area contributed by atoms with E-state index in [2.05, 4.69) is 10.2 Å². The van der Waals surface area contributed by atoms with E-state index in [1.165, 1.54) is 17.7 Å². The van der Waals surface area contributed by atoms with E-state index >= 15 is 0 Å². The summed E-state index contributed by atoms with van der Waals surface area (Å²) in [6.45, 7) is 5.43. The van der Waals surface area contributed by atoms with E-state index in [0.717, 1.165) is 23.7 Å². The number of nitro groups is 1. The van der Waals surface area contributed by atoms with Gasteiger partial charge in [-0.2, -0.15) is 0 Å². The molecule has 178 valence electrons. The quantitative estimate of drug-likeness (QED) is 0.182. The lowest BCUT2D eigenvalue weighted by Gasteiger charge is -2.36. The topological polar surface area (TPSA) is 100 Å². The van der Waals surface area contributed by atoms with Crippen LogP contribution in [0, 0.1) is 10.1 Å². The molecule has 1 heterocycles. The third-order valence-corrected chi connectivity index (χ3v) is 5.44. The molecular weight excluding hydrogens is 537 g/mol. The molecule has 10 heteroatoms.